The molecule has 2 aromatic carbocycles. The molecule has 0 N–H and O–H groups in total. The van der Waals surface area contributed by atoms with E-state index in [4.69, 9.17) is 27.9 Å². The molecule has 0 aliphatic carbocycles. The molecule has 1 aromatic heterocycles. The van der Waals surface area contributed by atoms with Crippen molar-refractivity contribution >= 4 is 29.2 Å². The van der Waals surface area contributed by atoms with Crippen molar-refractivity contribution in [1.82, 2.24) is 15.0 Å². The number of carbonyl (C=O) groups excluding carboxylic acids is 1. The Hall–Kier alpha value is -2.37. The lowest BCUT2D eigenvalue weighted by atomic mass is 10.2. The molecule has 0 saturated carbocycles. The van der Waals surface area contributed by atoms with Crippen molar-refractivity contribution in [2.75, 3.05) is 0 Å². The van der Waals surface area contributed by atoms with Gasteiger partial charge in [0.25, 0.3) is 0 Å². The number of esters is 1. The first kappa shape index (κ1) is 16.5. The summed E-state index contributed by atoms with van der Waals surface area (Å²) in [7, 11) is 0. The number of nitrogens with zero attached hydrogens (tertiary/aromatic N) is 3. The lowest BCUT2D eigenvalue weighted by molar-refractivity contribution is 0.0464. The van der Waals surface area contributed by atoms with E-state index >= 15 is 0 Å². The van der Waals surface area contributed by atoms with Crippen molar-refractivity contribution in [3.63, 3.8) is 0 Å². The minimum absolute atomic E-state index is 0.118. The zero-order valence-electron chi connectivity index (χ0n) is 12.7. The molecule has 24 heavy (non-hydrogen) atoms. The van der Waals surface area contributed by atoms with Gasteiger partial charge >= 0.3 is 5.97 Å². The Morgan fingerprint density at radius 3 is 2.58 bits per heavy atom. The maximum absolute atomic E-state index is 12.2. The number of carbonyl (C=O) groups is 1. The fraction of sp³-hybridized carbons (Fsp3) is 0.118. The Morgan fingerprint density at radius 1 is 1.12 bits per heavy atom. The second-order valence-electron chi connectivity index (χ2n) is 5.12. The Balaban J connectivity index is 1.75. The number of rotatable bonds is 4. The zero-order valence-corrected chi connectivity index (χ0v) is 14.3. The number of ether oxygens (including phenoxy) is 1. The lowest BCUT2D eigenvalue weighted by Gasteiger charge is -2.05. The Morgan fingerprint density at radius 2 is 1.88 bits per heavy atom. The zero-order chi connectivity index (χ0) is 17.1. The first-order chi connectivity index (χ1) is 11.5. The van der Waals surface area contributed by atoms with Gasteiger partial charge in [0.05, 0.1) is 11.4 Å². The fourth-order valence-electron chi connectivity index (χ4n) is 2.19. The highest BCUT2D eigenvalue weighted by molar-refractivity contribution is 6.30. The molecule has 0 aliphatic rings. The topological polar surface area (TPSA) is 57.0 Å². The van der Waals surface area contributed by atoms with Crippen LogP contribution in [0.5, 0.6) is 0 Å². The quantitative estimate of drug-likeness (QED) is 0.652. The molecule has 3 aromatic rings. The summed E-state index contributed by atoms with van der Waals surface area (Å²) in [5.74, 6) is -0.535. The summed E-state index contributed by atoms with van der Waals surface area (Å²) in [5, 5.41) is 9.15. The van der Waals surface area contributed by atoms with E-state index in [1.807, 2.05) is 6.07 Å². The SMILES string of the molecule is Cc1c(C(=O)OCc2cccc(Cl)c2)nnn1-c1ccc(Cl)cc1. The van der Waals surface area contributed by atoms with E-state index in [1.54, 1.807) is 54.1 Å². The molecule has 0 aliphatic heterocycles. The highest BCUT2D eigenvalue weighted by Crippen LogP contribution is 2.17. The number of aromatic nitrogens is 3. The van der Waals surface area contributed by atoms with Crippen molar-refractivity contribution in [2.24, 2.45) is 0 Å². The van der Waals surface area contributed by atoms with E-state index in [0.29, 0.717) is 15.7 Å². The third kappa shape index (κ3) is 3.58. The normalized spacial score (nSPS) is 10.6. The van der Waals surface area contributed by atoms with Gasteiger partial charge in [-0.2, -0.15) is 0 Å². The summed E-state index contributed by atoms with van der Waals surface area (Å²) >= 11 is 11.8. The van der Waals surface area contributed by atoms with E-state index in [9.17, 15) is 4.79 Å². The molecule has 0 unspecified atom stereocenters. The lowest BCUT2D eigenvalue weighted by Crippen LogP contribution is -2.08. The van der Waals surface area contributed by atoms with Crippen molar-refractivity contribution in [3.05, 3.63) is 75.5 Å². The largest absolute Gasteiger partial charge is 0.456 e. The van der Waals surface area contributed by atoms with E-state index in [1.165, 1.54) is 0 Å². The van der Waals surface area contributed by atoms with E-state index < -0.39 is 5.97 Å². The third-order valence-corrected chi connectivity index (χ3v) is 3.91. The highest BCUT2D eigenvalue weighted by Gasteiger charge is 2.18. The van der Waals surface area contributed by atoms with Gasteiger partial charge in [-0.15, -0.1) is 5.10 Å². The summed E-state index contributed by atoms with van der Waals surface area (Å²) in [4.78, 5) is 12.2. The van der Waals surface area contributed by atoms with Crippen LogP contribution in [0.3, 0.4) is 0 Å². The number of hydrogen-bond donors (Lipinski definition) is 0. The third-order valence-electron chi connectivity index (χ3n) is 3.42. The van der Waals surface area contributed by atoms with Crippen LogP contribution in [0.25, 0.3) is 5.69 Å². The summed E-state index contributed by atoms with van der Waals surface area (Å²) in [5.41, 5.74) is 2.33. The van der Waals surface area contributed by atoms with Crippen LogP contribution in [0.1, 0.15) is 21.7 Å². The molecular formula is C17H13Cl2N3O2. The van der Waals surface area contributed by atoms with Gasteiger partial charge in [-0.05, 0) is 48.9 Å². The van der Waals surface area contributed by atoms with E-state index in [2.05, 4.69) is 10.3 Å². The van der Waals surface area contributed by atoms with Crippen LogP contribution in [-0.2, 0) is 11.3 Å². The van der Waals surface area contributed by atoms with Crippen LogP contribution in [0.2, 0.25) is 10.0 Å². The maximum atomic E-state index is 12.2. The first-order valence-electron chi connectivity index (χ1n) is 7.14. The predicted molar refractivity (Wildman–Crippen MR) is 91.7 cm³/mol. The van der Waals surface area contributed by atoms with Gasteiger partial charge in [0, 0.05) is 10.0 Å². The standard InChI is InChI=1S/C17H13Cl2N3O2/c1-11-16(17(23)24-10-12-3-2-4-14(19)9-12)20-21-22(11)15-7-5-13(18)6-8-15/h2-9H,10H2,1H3. The van der Waals surface area contributed by atoms with Crippen LogP contribution >= 0.6 is 23.2 Å². The Bertz CT molecular complexity index is 876. The highest BCUT2D eigenvalue weighted by atomic mass is 35.5. The van der Waals surface area contributed by atoms with Crippen molar-refractivity contribution in [2.45, 2.75) is 13.5 Å². The summed E-state index contributed by atoms with van der Waals surface area (Å²) in [6.45, 7) is 1.87. The minimum atomic E-state index is -0.535. The summed E-state index contributed by atoms with van der Waals surface area (Å²) < 4.78 is 6.85. The molecule has 7 heteroatoms. The second-order valence-corrected chi connectivity index (χ2v) is 5.99. The van der Waals surface area contributed by atoms with Gasteiger partial charge < -0.3 is 4.74 Å². The molecule has 0 atom stereocenters. The molecule has 1 heterocycles. The van der Waals surface area contributed by atoms with E-state index in [-0.39, 0.29) is 12.3 Å². The molecule has 0 amide bonds. The molecule has 0 fully saturated rings. The van der Waals surface area contributed by atoms with Gasteiger partial charge in [-0.3, -0.25) is 0 Å². The van der Waals surface area contributed by atoms with Crippen LogP contribution in [0.4, 0.5) is 0 Å². The number of halogens is 2. The second kappa shape index (κ2) is 7.03. The smallest absolute Gasteiger partial charge is 0.361 e. The molecule has 0 bridgehead atoms. The van der Waals surface area contributed by atoms with Gasteiger partial charge in [0.15, 0.2) is 5.69 Å². The Labute approximate surface area is 148 Å². The van der Waals surface area contributed by atoms with Crippen LogP contribution in [0, 0.1) is 6.92 Å². The van der Waals surface area contributed by atoms with Gasteiger partial charge in [0.2, 0.25) is 0 Å². The Kier molecular flexibility index (Phi) is 4.83. The summed E-state index contributed by atoms with van der Waals surface area (Å²) in [6, 6.07) is 14.2. The van der Waals surface area contributed by atoms with Gasteiger partial charge in [-0.25, -0.2) is 9.48 Å². The fourth-order valence-corrected chi connectivity index (χ4v) is 2.53. The van der Waals surface area contributed by atoms with Gasteiger partial charge in [-0.1, -0.05) is 40.5 Å². The number of hydrogen-bond acceptors (Lipinski definition) is 4. The predicted octanol–water partition coefficient (Wildman–Crippen LogP) is 4.24. The number of benzene rings is 2. The van der Waals surface area contributed by atoms with Crippen LogP contribution < -0.4 is 0 Å². The van der Waals surface area contributed by atoms with Crippen LogP contribution in [-0.4, -0.2) is 21.0 Å². The maximum Gasteiger partial charge on any atom is 0.361 e. The average molecular weight is 362 g/mol. The van der Waals surface area contributed by atoms with Crippen LogP contribution in [0.15, 0.2) is 48.5 Å². The molecule has 3 rings (SSSR count). The monoisotopic (exact) mass is 361 g/mol. The van der Waals surface area contributed by atoms with Crippen molar-refractivity contribution in [1.29, 1.82) is 0 Å². The molecule has 0 radical (unpaired) electrons. The molecule has 5 nitrogen and oxygen atoms in total. The van der Waals surface area contributed by atoms with E-state index in [0.717, 1.165) is 11.3 Å². The molecule has 122 valence electrons. The molecule has 0 saturated heterocycles. The molecular weight excluding hydrogens is 349 g/mol. The minimum Gasteiger partial charge on any atom is -0.456 e. The molecule has 0 spiro atoms. The van der Waals surface area contributed by atoms with Gasteiger partial charge in [0.1, 0.15) is 6.61 Å². The van der Waals surface area contributed by atoms with Crippen molar-refractivity contribution < 1.29 is 9.53 Å². The van der Waals surface area contributed by atoms with Crippen molar-refractivity contribution in [3.8, 4) is 5.69 Å². The average Bonchev–Trinajstić information content (AvgIpc) is 2.95. The summed E-state index contributed by atoms with van der Waals surface area (Å²) in [6.07, 6.45) is 0. The first-order valence-corrected chi connectivity index (χ1v) is 7.90.